The van der Waals surface area contributed by atoms with Gasteiger partial charge in [0, 0.05) is 17.0 Å². The van der Waals surface area contributed by atoms with E-state index in [2.05, 4.69) is 48.3 Å². The lowest BCUT2D eigenvalue weighted by molar-refractivity contribution is -0.401. The van der Waals surface area contributed by atoms with Gasteiger partial charge in [0.1, 0.15) is 12.3 Å². The highest BCUT2D eigenvalue weighted by molar-refractivity contribution is 7.81. The SMILES string of the molecule is CC[N+]1=CC/1=C(/OC1CCCC1)C(=O)Nc1cccc(O)c1.SC1CC1c1ccccc1. The topological polar surface area (TPSA) is 61.6 Å². The number of nitrogens with zero attached hydrogens (tertiary/aromatic N) is 1. The maximum atomic E-state index is 12.5. The molecule has 168 valence electrons. The molecule has 1 heterocycles. The molecule has 0 bridgehead atoms. The first-order chi connectivity index (χ1) is 15.5. The Morgan fingerprint density at radius 2 is 1.88 bits per heavy atom. The van der Waals surface area contributed by atoms with Crippen LogP contribution in [0, 0.1) is 0 Å². The number of amides is 1. The van der Waals surface area contributed by atoms with Crippen molar-refractivity contribution < 1.29 is 19.2 Å². The number of carbonyl (C=O) groups is 1. The van der Waals surface area contributed by atoms with Crippen LogP contribution in [0.1, 0.15) is 50.5 Å². The van der Waals surface area contributed by atoms with Crippen molar-refractivity contribution in [2.75, 3.05) is 11.9 Å². The number of hydrogen-bond acceptors (Lipinski definition) is 4. The van der Waals surface area contributed by atoms with E-state index < -0.39 is 0 Å². The first-order valence-electron chi connectivity index (χ1n) is 11.4. The summed E-state index contributed by atoms with van der Waals surface area (Å²) in [5, 5.41) is 12.9. The number of carbonyl (C=O) groups excluding carboxylic acids is 1. The smallest absolute Gasteiger partial charge is 0.317 e. The summed E-state index contributed by atoms with van der Waals surface area (Å²) in [6.07, 6.45) is 7.63. The van der Waals surface area contributed by atoms with Crippen LogP contribution >= 0.6 is 12.6 Å². The van der Waals surface area contributed by atoms with Gasteiger partial charge in [-0.25, -0.2) is 0 Å². The normalized spacial score (nSPS) is 22.9. The van der Waals surface area contributed by atoms with Gasteiger partial charge in [-0.15, -0.1) is 0 Å². The number of rotatable bonds is 6. The van der Waals surface area contributed by atoms with Crippen LogP contribution in [0.4, 0.5) is 5.69 Å². The van der Waals surface area contributed by atoms with Gasteiger partial charge in [0.05, 0.1) is 6.10 Å². The average Bonchev–Trinajstić information content (AvgIpc) is 3.68. The van der Waals surface area contributed by atoms with Gasteiger partial charge in [-0.3, -0.25) is 4.79 Å². The highest BCUT2D eigenvalue weighted by Gasteiger charge is 2.38. The number of allylic oxidation sites excluding steroid dienone is 1. The summed E-state index contributed by atoms with van der Waals surface area (Å²) in [5.41, 5.74) is 2.86. The first-order valence-corrected chi connectivity index (χ1v) is 11.9. The molecule has 5 nitrogen and oxygen atoms in total. The van der Waals surface area contributed by atoms with E-state index in [-0.39, 0.29) is 17.8 Å². The second-order valence-electron chi connectivity index (χ2n) is 8.48. The van der Waals surface area contributed by atoms with Crippen molar-refractivity contribution in [2.24, 2.45) is 0 Å². The number of phenols is 1. The van der Waals surface area contributed by atoms with Crippen LogP contribution in [0.15, 0.2) is 66.1 Å². The van der Waals surface area contributed by atoms with E-state index in [0.29, 0.717) is 16.7 Å². The predicted octanol–water partition coefficient (Wildman–Crippen LogP) is 5.09. The third-order valence-electron chi connectivity index (χ3n) is 5.97. The lowest BCUT2D eigenvalue weighted by Gasteiger charge is -2.14. The molecule has 2 N–H and O–H groups in total. The number of benzene rings is 2. The molecule has 2 unspecified atom stereocenters. The van der Waals surface area contributed by atoms with Crippen molar-refractivity contribution in [1.29, 1.82) is 0 Å². The zero-order valence-electron chi connectivity index (χ0n) is 18.4. The number of phenolic OH excluding ortho intramolecular Hbond substituents is 1. The monoisotopic (exact) mass is 451 g/mol. The van der Waals surface area contributed by atoms with E-state index >= 15 is 0 Å². The minimum Gasteiger partial charge on any atom is -0.508 e. The third kappa shape index (κ3) is 5.94. The molecule has 0 radical (unpaired) electrons. The molecule has 2 saturated carbocycles. The van der Waals surface area contributed by atoms with Gasteiger partial charge < -0.3 is 15.2 Å². The zero-order chi connectivity index (χ0) is 22.5. The Kier molecular flexibility index (Phi) is 7.20. The molecule has 2 aromatic rings. The Morgan fingerprint density at radius 3 is 2.47 bits per heavy atom. The molecule has 5 rings (SSSR count). The van der Waals surface area contributed by atoms with Crippen molar-refractivity contribution in [3.8, 4) is 5.75 Å². The summed E-state index contributed by atoms with van der Waals surface area (Å²) < 4.78 is 7.96. The number of hydrogen-bond donors (Lipinski definition) is 3. The molecule has 1 amide bonds. The summed E-state index contributed by atoms with van der Waals surface area (Å²) in [4.78, 5) is 12.5. The van der Waals surface area contributed by atoms with Crippen LogP contribution in [0.25, 0.3) is 0 Å². The molecule has 6 heteroatoms. The number of ether oxygens (including phenoxy) is 1. The number of thiol groups is 1. The molecule has 0 aromatic heterocycles. The molecule has 2 fully saturated rings. The second kappa shape index (κ2) is 10.3. The van der Waals surface area contributed by atoms with Gasteiger partial charge in [0.25, 0.3) is 11.7 Å². The third-order valence-corrected chi connectivity index (χ3v) is 6.55. The lowest BCUT2D eigenvalue weighted by atomic mass is 10.1. The zero-order valence-corrected chi connectivity index (χ0v) is 19.3. The van der Waals surface area contributed by atoms with Gasteiger partial charge in [0.15, 0.2) is 0 Å². The largest absolute Gasteiger partial charge is 0.508 e. The number of nitrogens with one attached hydrogen (secondary N) is 1. The van der Waals surface area contributed by atoms with Gasteiger partial charge in [-0.1, -0.05) is 36.4 Å². The summed E-state index contributed by atoms with van der Waals surface area (Å²) >= 11 is 4.38. The standard InChI is InChI=1S/C17H20N2O3.C9H10S/c1-2-19-11-15(19)16(22-14-8-3-4-9-14)17(21)18-12-6-5-7-13(20)10-12;10-9-6-8(9)7-4-2-1-3-5-7/h5-7,10-11,14H,2-4,8-9H2,1H3,(H-,18,20,21);1-5,8-10H,6H2/p+1/b16-15-;. The Labute approximate surface area is 195 Å². The van der Waals surface area contributed by atoms with Crippen LogP contribution in [0.2, 0.25) is 0 Å². The molecule has 32 heavy (non-hydrogen) atoms. The Morgan fingerprint density at radius 1 is 1.16 bits per heavy atom. The molecule has 2 atom stereocenters. The molecule has 0 spiro atoms. The van der Waals surface area contributed by atoms with E-state index in [4.69, 9.17) is 4.74 Å². The Balaban J connectivity index is 0.000000203. The van der Waals surface area contributed by atoms with Gasteiger partial charge in [-0.05, 0) is 62.6 Å². The lowest BCUT2D eigenvalue weighted by Crippen LogP contribution is -2.21. The van der Waals surface area contributed by atoms with Crippen LogP contribution in [0.3, 0.4) is 0 Å². The van der Waals surface area contributed by atoms with E-state index in [1.807, 2.05) is 17.7 Å². The summed E-state index contributed by atoms with van der Waals surface area (Å²) in [6.45, 7) is 2.86. The van der Waals surface area contributed by atoms with Crippen LogP contribution in [-0.4, -0.2) is 39.7 Å². The van der Waals surface area contributed by atoms with E-state index in [1.165, 1.54) is 18.1 Å². The molecule has 1 aliphatic heterocycles. The van der Waals surface area contributed by atoms with Crippen LogP contribution in [-0.2, 0) is 9.53 Å². The van der Waals surface area contributed by atoms with E-state index in [9.17, 15) is 9.90 Å². The minimum atomic E-state index is -0.264. The fourth-order valence-corrected chi connectivity index (χ4v) is 4.38. The first kappa shape index (κ1) is 22.5. The summed E-state index contributed by atoms with van der Waals surface area (Å²) in [6, 6.07) is 17.1. The van der Waals surface area contributed by atoms with Crippen molar-refractivity contribution in [3.63, 3.8) is 0 Å². The minimum absolute atomic E-state index is 0.122. The molecular weight excluding hydrogens is 420 g/mol. The van der Waals surface area contributed by atoms with E-state index in [1.54, 1.807) is 18.2 Å². The summed E-state index contributed by atoms with van der Waals surface area (Å²) in [7, 11) is 0. The van der Waals surface area contributed by atoms with E-state index in [0.717, 1.165) is 43.8 Å². The molecular formula is C26H31N2O3S+. The Hall–Kier alpha value is -2.73. The van der Waals surface area contributed by atoms with Crippen molar-refractivity contribution >= 4 is 30.4 Å². The highest BCUT2D eigenvalue weighted by Crippen LogP contribution is 2.44. The highest BCUT2D eigenvalue weighted by atomic mass is 32.1. The molecule has 3 aliphatic rings. The molecule has 0 saturated heterocycles. The summed E-state index contributed by atoms with van der Waals surface area (Å²) in [5.74, 6) is 0.984. The molecule has 2 aromatic carbocycles. The predicted molar refractivity (Wildman–Crippen MR) is 131 cm³/mol. The van der Waals surface area contributed by atoms with Gasteiger partial charge in [0.2, 0.25) is 6.21 Å². The van der Waals surface area contributed by atoms with Crippen molar-refractivity contribution in [1.82, 2.24) is 0 Å². The average molecular weight is 452 g/mol. The van der Waals surface area contributed by atoms with Gasteiger partial charge in [-0.2, -0.15) is 17.2 Å². The second-order valence-corrected chi connectivity index (χ2v) is 9.14. The number of aromatic hydroxyl groups is 1. The maximum absolute atomic E-state index is 12.5. The fraction of sp³-hybridized carbons (Fsp3) is 0.385. The van der Waals surface area contributed by atoms with Crippen LogP contribution < -0.4 is 5.32 Å². The van der Waals surface area contributed by atoms with Crippen molar-refractivity contribution in [2.45, 2.75) is 56.3 Å². The van der Waals surface area contributed by atoms with Gasteiger partial charge >= 0.3 is 5.70 Å². The molecule has 2 aliphatic carbocycles. The Bertz CT molecular complexity index is 1010. The van der Waals surface area contributed by atoms with Crippen molar-refractivity contribution in [3.05, 3.63) is 71.6 Å². The number of anilines is 1. The maximum Gasteiger partial charge on any atom is 0.317 e. The van der Waals surface area contributed by atoms with Crippen LogP contribution in [0.5, 0.6) is 5.75 Å². The quantitative estimate of drug-likeness (QED) is 0.248. The fourth-order valence-electron chi connectivity index (χ4n) is 3.98.